The molecule has 0 spiro atoms. The molecule has 0 fully saturated rings. The lowest BCUT2D eigenvalue weighted by atomic mass is 10.2. The van der Waals surface area contributed by atoms with Crippen LogP contribution in [0.4, 0.5) is 27.6 Å². The van der Waals surface area contributed by atoms with Gasteiger partial charge in [0.05, 0.1) is 17.1 Å². The van der Waals surface area contributed by atoms with Gasteiger partial charge >= 0.3 is 6.18 Å². The van der Waals surface area contributed by atoms with Gasteiger partial charge in [-0.3, -0.25) is 4.79 Å². The third-order valence-electron chi connectivity index (χ3n) is 4.06. The third kappa shape index (κ3) is 5.38. The topological polar surface area (TPSA) is 46.9 Å². The van der Waals surface area contributed by atoms with Crippen molar-refractivity contribution < 1.29 is 26.7 Å². The minimum atomic E-state index is -4.49. The van der Waals surface area contributed by atoms with Gasteiger partial charge in [0.1, 0.15) is 6.54 Å². The second-order valence-electron chi connectivity index (χ2n) is 6.37. The number of carbonyl (C=O) groups excluding carboxylic acids is 1. The molecule has 0 aliphatic carbocycles. The first kappa shape index (κ1) is 21.8. The van der Waals surface area contributed by atoms with Gasteiger partial charge in [0.15, 0.2) is 16.8 Å². The number of carbonyl (C=O) groups is 1. The molecule has 1 atom stereocenters. The first-order chi connectivity index (χ1) is 14.1. The van der Waals surface area contributed by atoms with Crippen LogP contribution in [0.3, 0.4) is 0 Å². The number of nitrogens with one attached hydrogen (secondary N) is 1. The molecule has 0 aliphatic heterocycles. The second-order valence-corrected chi connectivity index (χ2v) is 7.68. The molecule has 1 heterocycles. The van der Waals surface area contributed by atoms with E-state index in [9.17, 15) is 26.7 Å². The Labute approximate surface area is 173 Å². The van der Waals surface area contributed by atoms with Crippen molar-refractivity contribution in [3.8, 4) is 11.3 Å². The van der Waals surface area contributed by atoms with Crippen LogP contribution in [-0.4, -0.2) is 26.9 Å². The summed E-state index contributed by atoms with van der Waals surface area (Å²) in [6, 6.07) is 11.3. The van der Waals surface area contributed by atoms with Crippen LogP contribution in [0.15, 0.2) is 59.9 Å². The predicted octanol–water partition coefficient (Wildman–Crippen LogP) is 5.51. The van der Waals surface area contributed by atoms with Crippen LogP contribution in [0.5, 0.6) is 0 Å². The monoisotopic (exact) mass is 441 g/mol. The zero-order valence-corrected chi connectivity index (χ0v) is 16.4. The summed E-state index contributed by atoms with van der Waals surface area (Å²) in [5.41, 5.74) is 0.860. The number of hydrogen-bond acceptors (Lipinski definition) is 3. The summed E-state index contributed by atoms with van der Waals surface area (Å²) in [7, 11) is 0. The Bertz CT molecular complexity index is 1040. The van der Waals surface area contributed by atoms with Crippen LogP contribution >= 0.6 is 11.8 Å². The molecule has 1 amide bonds. The number of hydrogen-bond donors (Lipinski definition) is 1. The van der Waals surface area contributed by atoms with Gasteiger partial charge in [-0.2, -0.15) is 13.2 Å². The second kappa shape index (κ2) is 8.86. The predicted molar refractivity (Wildman–Crippen MR) is 104 cm³/mol. The van der Waals surface area contributed by atoms with Crippen molar-refractivity contribution >= 4 is 23.4 Å². The highest BCUT2D eigenvalue weighted by Crippen LogP contribution is 2.32. The van der Waals surface area contributed by atoms with E-state index in [0.717, 1.165) is 28.5 Å². The van der Waals surface area contributed by atoms with Crippen molar-refractivity contribution in [3.05, 3.63) is 66.4 Å². The third-order valence-corrected chi connectivity index (χ3v) is 5.17. The molecule has 0 saturated carbocycles. The summed E-state index contributed by atoms with van der Waals surface area (Å²) in [5.74, 6) is -2.77. The lowest BCUT2D eigenvalue weighted by molar-refractivity contribution is -0.141. The average Bonchev–Trinajstić information content (AvgIpc) is 3.06. The Morgan fingerprint density at radius 1 is 1.13 bits per heavy atom. The Morgan fingerprint density at radius 2 is 1.83 bits per heavy atom. The van der Waals surface area contributed by atoms with E-state index in [-0.39, 0.29) is 16.5 Å². The summed E-state index contributed by atoms with van der Waals surface area (Å²) in [4.78, 5) is 16.4. The molecular formula is C20H16F5N3OS. The van der Waals surface area contributed by atoms with Crippen molar-refractivity contribution in [2.45, 2.75) is 30.1 Å². The van der Waals surface area contributed by atoms with E-state index in [2.05, 4.69) is 10.3 Å². The van der Waals surface area contributed by atoms with Gasteiger partial charge in [0.25, 0.3) is 0 Å². The maximum atomic E-state index is 13.3. The fourth-order valence-corrected chi connectivity index (χ4v) is 3.54. The molecule has 1 aromatic heterocycles. The van der Waals surface area contributed by atoms with Crippen molar-refractivity contribution in [2.24, 2.45) is 0 Å². The summed E-state index contributed by atoms with van der Waals surface area (Å²) in [6.45, 7) is 0.214. The molecule has 0 aliphatic rings. The summed E-state index contributed by atoms with van der Waals surface area (Å²) in [5, 5.41) is 1.57. The number of amides is 1. The number of alkyl halides is 3. The maximum Gasteiger partial charge on any atom is 0.406 e. The zero-order valence-electron chi connectivity index (χ0n) is 15.6. The van der Waals surface area contributed by atoms with Crippen LogP contribution in [0, 0.1) is 11.6 Å². The Balaban J connectivity index is 1.81. The molecule has 3 rings (SSSR count). The molecule has 30 heavy (non-hydrogen) atoms. The van der Waals surface area contributed by atoms with Crippen LogP contribution in [0.1, 0.15) is 6.92 Å². The minimum Gasteiger partial charge on any atom is -0.325 e. The summed E-state index contributed by atoms with van der Waals surface area (Å²) in [6.07, 6.45) is -3.17. The first-order valence-corrected chi connectivity index (χ1v) is 9.62. The van der Waals surface area contributed by atoms with E-state index >= 15 is 0 Å². The van der Waals surface area contributed by atoms with Crippen LogP contribution in [-0.2, 0) is 11.3 Å². The molecular weight excluding hydrogens is 425 g/mol. The van der Waals surface area contributed by atoms with E-state index in [4.69, 9.17) is 0 Å². The van der Waals surface area contributed by atoms with Gasteiger partial charge in [-0.1, -0.05) is 42.1 Å². The molecule has 0 radical (unpaired) electrons. The average molecular weight is 441 g/mol. The van der Waals surface area contributed by atoms with Gasteiger partial charge < -0.3 is 9.88 Å². The number of aromatic nitrogens is 2. The maximum absolute atomic E-state index is 13.3. The zero-order chi connectivity index (χ0) is 21.9. The number of halogens is 5. The summed E-state index contributed by atoms with van der Waals surface area (Å²) >= 11 is 0.833. The number of rotatable bonds is 6. The smallest absolute Gasteiger partial charge is 0.325 e. The molecule has 2 aromatic carbocycles. The normalized spacial score (nSPS) is 12.6. The molecule has 0 bridgehead atoms. The first-order valence-electron chi connectivity index (χ1n) is 8.74. The molecule has 10 heteroatoms. The molecule has 0 saturated heterocycles. The van der Waals surface area contributed by atoms with Crippen molar-refractivity contribution in [1.82, 2.24) is 9.55 Å². The van der Waals surface area contributed by atoms with Crippen LogP contribution in [0.25, 0.3) is 11.3 Å². The molecule has 1 unspecified atom stereocenters. The highest BCUT2D eigenvalue weighted by atomic mass is 32.2. The van der Waals surface area contributed by atoms with E-state index < -0.39 is 35.5 Å². The molecule has 158 valence electrons. The highest BCUT2D eigenvalue weighted by Gasteiger charge is 2.31. The fourth-order valence-electron chi connectivity index (χ4n) is 2.65. The van der Waals surface area contributed by atoms with E-state index in [1.54, 1.807) is 30.3 Å². The van der Waals surface area contributed by atoms with Gasteiger partial charge in [0.2, 0.25) is 5.91 Å². The van der Waals surface area contributed by atoms with Gasteiger partial charge in [-0.15, -0.1) is 0 Å². The Morgan fingerprint density at radius 3 is 2.47 bits per heavy atom. The number of anilines is 1. The Hall–Kier alpha value is -2.88. The van der Waals surface area contributed by atoms with Crippen molar-refractivity contribution in [1.29, 1.82) is 0 Å². The SMILES string of the molecule is CC(Sc1ncc(-c2ccccc2)n1CC(F)(F)F)C(=O)Nc1ccc(F)c(F)c1. The lowest BCUT2D eigenvalue weighted by Gasteiger charge is -2.16. The number of nitrogens with zero attached hydrogens (tertiary/aromatic N) is 2. The van der Waals surface area contributed by atoms with Crippen LogP contribution < -0.4 is 5.32 Å². The lowest BCUT2D eigenvalue weighted by Crippen LogP contribution is -2.24. The van der Waals surface area contributed by atoms with Gasteiger partial charge in [0, 0.05) is 11.8 Å². The van der Waals surface area contributed by atoms with Crippen molar-refractivity contribution in [2.75, 3.05) is 5.32 Å². The quantitative estimate of drug-likeness (QED) is 0.405. The molecule has 1 N–H and O–H groups in total. The standard InChI is InChI=1S/C20H16F5N3OS/c1-12(18(29)27-14-7-8-15(21)16(22)9-14)30-19-26-10-17(13-5-3-2-4-6-13)28(19)11-20(23,24)25/h2-10,12H,11H2,1H3,(H,27,29). The number of thioether (sulfide) groups is 1. The van der Waals surface area contributed by atoms with Crippen molar-refractivity contribution in [3.63, 3.8) is 0 Å². The largest absolute Gasteiger partial charge is 0.406 e. The Kier molecular flexibility index (Phi) is 6.45. The number of imidazole rings is 1. The molecule has 3 aromatic rings. The van der Waals surface area contributed by atoms with Gasteiger partial charge in [-0.25, -0.2) is 13.8 Å². The fraction of sp³-hybridized carbons (Fsp3) is 0.200. The highest BCUT2D eigenvalue weighted by molar-refractivity contribution is 8.00. The van der Waals surface area contributed by atoms with E-state index in [1.807, 2.05) is 0 Å². The summed E-state index contributed by atoms with van der Waals surface area (Å²) < 4.78 is 66.7. The van der Waals surface area contributed by atoms with Gasteiger partial charge in [-0.05, 0) is 24.6 Å². The number of benzene rings is 2. The van der Waals surface area contributed by atoms with E-state index in [0.29, 0.717) is 5.56 Å². The van der Waals surface area contributed by atoms with E-state index in [1.165, 1.54) is 19.2 Å². The molecule has 4 nitrogen and oxygen atoms in total. The minimum absolute atomic E-state index is 0.0131. The van der Waals surface area contributed by atoms with Crippen LogP contribution in [0.2, 0.25) is 0 Å².